The molecule has 306 valence electrons. The number of carbonyl (C=O) groups excluding carboxylic acids is 4. The summed E-state index contributed by atoms with van der Waals surface area (Å²) in [6, 6.07) is 3.66. The van der Waals surface area contributed by atoms with Crippen LogP contribution >= 0.6 is 0 Å². The molecule has 0 bridgehead atoms. The first-order chi connectivity index (χ1) is 25.5. The van der Waals surface area contributed by atoms with Gasteiger partial charge in [0.2, 0.25) is 23.6 Å². The van der Waals surface area contributed by atoms with Gasteiger partial charge in [-0.05, 0) is 49.3 Å². The Morgan fingerprint density at radius 2 is 1.56 bits per heavy atom. The van der Waals surface area contributed by atoms with E-state index in [0.29, 0.717) is 37.1 Å². The number of aliphatic carboxylic acids is 1. The normalized spacial score (nSPS) is 18.9. The molecule has 1 aliphatic heterocycles. The highest BCUT2D eigenvalue weighted by molar-refractivity contribution is 5.90. The van der Waals surface area contributed by atoms with E-state index in [9.17, 15) is 29.1 Å². The van der Waals surface area contributed by atoms with Crippen molar-refractivity contribution >= 4 is 29.6 Å². The summed E-state index contributed by atoms with van der Waals surface area (Å²) < 4.78 is 17.2. The highest BCUT2D eigenvalue weighted by Gasteiger charge is 2.43. The average molecular weight is 762 g/mol. The Labute approximate surface area is 322 Å². The number of ether oxygens (including phenoxy) is 3. The molecule has 4 N–H and O–H groups in total. The zero-order valence-electron chi connectivity index (χ0n) is 34.5. The van der Waals surface area contributed by atoms with Crippen molar-refractivity contribution in [1.29, 1.82) is 0 Å². The van der Waals surface area contributed by atoms with Gasteiger partial charge in [0.05, 0.1) is 49.8 Å². The van der Waals surface area contributed by atoms with Gasteiger partial charge in [0, 0.05) is 34.2 Å². The number of methoxy groups -OCH3 is 3. The lowest BCUT2D eigenvalue weighted by Crippen LogP contribution is -2.59. The Balaban J connectivity index is 2.28. The molecule has 1 saturated heterocycles. The third kappa shape index (κ3) is 11.9. The molecule has 14 nitrogen and oxygen atoms in total. The molecule has 0 aromatic heterocycles. The van der Waals surface area contributed by atoms with Gasteiger partial charge in [-0.1, -0.05) is 73.1 Å². The monoisotopic (exact) mass is 761 g/mol. The van der Waals surface area contributed by atoms with E-state index < -0.39 is 60.2 Å². The quantitative estimate of drug-likeness (QED) is 0.137. The molecule has 1 aromatic carbocycles. The number of hydrogen-bond acceptors (Lipinski definition) is 9. The van der Waals surface area contributed by atoms with Crippen molar-refractivity contribution in [2.75, 3.05) is 42.0 Å². The lowest BCUT2D eigenvalue weighted by atomic mass is 9.89. The maximum Gasteiger partial charge on any atom is 0.326 e. The maximum absolute atomic E-state index is 14.2. The molecular formula is C40H67N5O9. The van der Waals surface area contributed by atoms with Crippen molar-refractivity contribution in [3.63, 3.8) is 0 Å². The summed E-state index contributed by atoms with van der Waals surface area (Å²) in [7, 11) is 7.94. The average Bonchev–Trinajstić information content (AvgIpc) is 3.62. The Kier molecular flexibility index (Phi) is 18.9. The third-order valence-corrected chi connectivity index (χ3v) is 11.0. The van der Waals surface area contributed by atoms with Crippen LogP contribution in [0.1, 0.15) is 79.7 Å². The first-order valence-corrected chi connectivity index (χ1v) is 19.2. The largest absolute Gasteiger partial charge is 0.496 e. The van der Waals surface area contributed by atoms with Crippen molar-refractivity contribution in [2.24, 2.45) is 23.7 Å². The third-order valence-electron chi connectivity index (χ3n) is 11.0. The SMILES string of the molecule is CC[C@H](C)[C@@H]([C@@H](CC(=O)N1CCC[C@H]1[C@H](OC)[C@@H](C)C(=O)N[C@@H](Cc1ccccc1OC)C(=O)O)OC)N(C)C(=O)[C@@H](NC(=O)C(NC)C(C)C)C(C)C. The number of amides is 4. The van der Waals surface area contributed by atoms with Crippen LogP contribution in [0, 0.1) is 23.7 Å². The number of likely N-dealkylation sites (tertiary alicyclic amines) is 1. The summed E-state index contributed by atoms with van der Waals surface area (Å²) in [6.07, 6.45) is 0.620. The van der Waals surface area contributed by atoms with Crippen molar-refractivity contribution in [2.45, 2.75) is 123 Å². The molecule has 0 radical (unpaired) electrons. The van der Waals surface area contributed by atoms with Crippen LogP contribution in [0.25, 0.3) is 0 Å². The predicted molar refractivity (Wildman–Crippen MR) is 207 cm³/mol. The van der Waals surface area contributed by atoms with Crippen molar-refractivity contribution in [3.05, 3.63) is 29.8 Å². The summed E-state index contributed by atoms with van der Waals surface area (Å²) in [5, 5.41) is 18.7. The number of carboxylic acids is 1. The second kappa shape index (κ2) is 22.0. The van der Waals surface area contributed by atoms with E-state index >= 15 is 0 Å². The number of nitrogens with one attached hydrogen (secondary N) is 3. The summed E-state index contributed by atoms with van der Waals surface area (Å²) in [5.41, 5.74) is 0.644. The van der Waals surface area contributed by atoms with Crippen LogP contribution in [0.15, 0.2) is 24.3 Å². The molecule has 1 unspecified atom stereocenters. The first kappa shape index (κ1) is 46.4. The van der Waals surface area contributed by atoms with Crippen LogP contribution < -0.4 is 20.7 Å². The molecule has 1 aliphatic rings. The van der Waals surface area contributed by atoms with Gasteiger partial charge in [0.15, 0.2) is 0 Å². The molecule has 4 amide bonds. The summed E-state index contributed by atoms with van der Waals surface area (Å²) in [6.45, 7) is 13.8. The molecule has 1 heterocycles. The van der Waals surface area contributed by atoms with Crippen LogP contribution in [0.5, 0.6) is 5.75 Å². The summed E-state index contributed by atoms with van der Waals surface area (Å²) in [4.78, 5) is 70.7. The number of benzene rings is 1. The van der Waals surface area contributed by atoms with E-state index in [4.69, 9.17) is 14.2 Å². The summed E-state index contributed by atoms with van der Waals surface area (Å²) >= 11 is 0. The lowest BCUT2D eigenvalue weighted by Gasteiger charge is -2.41. The number of hydrogen-bond donors (Lipinski definition) is 4. The van der Waals surface area contributed by atoms with Gasteiger partial charge in [0.25, 0.3) is 0 Å². The van der Waals surface area contributed by atoms with Crippen molar-refractivity contribution in [3.8, 4) is 5.75 Å². The van der Waals surface area contributed by atoms with Gasteiger partial charge in [-0.3, -0.25) is 19.2 Å². The minimum atomic E-state index is -1.21. The fourth-order valence-electron chi connectivity index (χ4n) is 7.64. The van der Waals surface area contributed by atoms with E-state index in [1.165, 1.54) is 21.3 Å². The highest BCUT2D eigenvalue weighted by atomic mass is 16.5. The van der Waals surface area contributed by atoms with E-state index in [1.54, 1.807) is 55.1 Å². The standard InChI is InChI=1S/C40H67N5O9/c1-13-25(6)35(44(9)39(49)34(24(4)5)43-38(48)33(41-8)23(2)3)31(53-11)22-32(46)45-20-16-18-29(45)36(54-12)26(7)37(47)42-28(40(50)51)21-27-17-14-15-19-30(27)52-10/h14-15,17,19,23-26,28-29,31,33-36,41H,13,16,18,20-22H2,1-12H3,(H,42,47)(H,43,48)(H,50,51)/t25-,26+,28-,29-,31+,33?,34-,35-,36+/m0/s1. The van der Waals surface area contributed by atoms with Crippen LogP contribution in [0.3, 0.4) is 0 Å². The van der Waals surface area contributed by atoms with Crippen LogP contribution in [-0.4, -0.2) is 129 Å². The number of nitrogens with zero attached hydrogens (tertiary/aromatic N) is 2. The van der Waals surface area contributed by atoms with Gasteiger partial charge < -0.3 is 45.1 Å². The maximum atomic E-state index is 14.2. The van der Waals surface area contributed by atoms with Crippen LogP contribution in [0.4, 0.5) is 0 Å². The topological polar surface area (TPSA) is 176 Å². The van der Waals surface area contributed by atoms with Gasteiger partial charge in [0.1, 0.15) is 17.8 Å². The Morgan fingerprint density at radius 1 is 0.926 bits per heavy atom. The summed E-state index contributed by atoms with van der Waals surface area (Å²) in [5.74, 6) is -2.90. The molecule has 14 heteroatoms. The molecular weight excluding hydrogens is 694 g/mol. The molecule has 0 saturated carbocycles. The lowest BCUT2D eigenvalue weighted by molar-refractivity contribution is -0.148. The van der Waals surface area contributed by atoms with Crippen molar-refractivity contribution < 1.29 is 43.3 Å². The van der Waals surface area contributed by atoms with E-state index in [0.717, 1.165) is 0 Å². The van der Waals surface area contributed by atoms with E-state index in [2.05, 4.69) is 16.0 Å². The van der Waals surface area contributed by atoms with Gasteiger partial charge in [-0.15, -0.1) is 0 Å². The number of carbonyl (C=O) groups is 5. The number of rotatable bonds is 22. The molecule has 0 aliphatic carbocycles. The number of para-hydroxylation sites is 1. The fourth-order valence-corrected chi connectivity index (χ4v) is 7.64. The number of likely N-dealkylation sites (N-methyl/N-ethyl adjacent to an activating group) is 2. The molecule has 1 fully saturated rings. The molecule has 0 spiro atoms. The Bertz CT molecular complexity index is 1390. The minimum Gasteiger partial charge on any atom is -0.496 e. The van der Waals surface area contributed by atoms with Gasteiger partial charge in [-0.2, -0.15) is 0 Å². The molecule has 1 aromatic rings. The van der Waals surface area contributed by atoms with E-state index in [-0.39, 0.29) is 48.3 Å². The molecule has 2 rings (SSSR count). The van der Waals surface area contributed by atoms with Crippen LogP contribution in [-0.2, 0) is 39.9 Å². The minimum absolute atomic E-state index is 0.0165. The predicted octanol–water partition coefficient (Wildman–Crippen LogP) is 3.11. The molecule has 9 atom stereocenters. The highest BCUT2D eigenvalue weighted by Crippen LogP contribution is 2.30. The zero-order chi connectivity index (χ0) is 40.9. The molecule has 54 heavy (non-hydrogen) atoms. The zero-order valence-corrected chi connectivity index (χ0v) is 34.5. The van der Waals surface area contributed by atoms with Gasteiger partial charge >= 0.3 is 5.97 Å². The second-order valence-corrected chi connectivity index (χ2v) is 15.2. The van der Waals surface area contributed by atoms with Crippen molar-refractivity contribution in [1.82, 2.24) is 25.8 Å². The second-order valence-electron chi connectivity index (χ2n) is 15.2. The smallest absolute Gasteiger partial charge is 0.326 e. The fraction of sp³-hybridized carbons (Fsp3) is 0.725. The van der Waals surface area contributed by atoms with Gasteiger partial charge in [-0.25, -0.2) is 4.79 Å². The Morgan fingerprint density at radius 3 is 2.07 bits per heavy atom. The first-order valence-electron chi connectivity index (χ1n) is 19.2. The van der Waals surface area contributed by atoms with Crippen LogP contribution in [0.2, 0.25) is 0 Å². The Hall–Kier alpha value is -3.75. The number of carboxylic acid groups (broad SMARTS) is 1. The van der Waals surface area contributed by atoms with E-state index in [1.807, 2.05) is 41.5 Å².